The smallest absolute Gasteiger partial charge is 0.417 e. The van der Waals surface area contributed by atoms with Crippen molar-refractivity contribution < 1.29 is 23.1 Å². The van der Waals surface area contributed by atoms with E-state index in [1.54, 1.807) is 0 Å². The molecular weight excluding hydrogens is 259 g/mol. The van der Waals surface area contributed by atoms with Crippen molar-refractivity contribution in [2.75, 3.05) is 0 Å². The summed E-state index contributed by atoms with van der Waals surface area (Å²) in [7, 11) is 0. The average molecular weight is 264 g/mol. The van der Waals surface area contributed by atoms with Crippen molar-refractivity contribution in [3.05, 3.63) is 34.4 Å². The standard InChI is InChI=1S/C10H5ClF3NO2/c11-3-5-1-6(9(16)17)7(4-15)8(2-5)10(12,13)14/h1-2H,3H2,(H,16,17). The van der Waals surface area contributed by atoms with Crippen LogP contribution in [-0.4, -0.2) is 11.1 Å². The maximum absolute atomic E-state index is 12.6. The van der Waals surface area contributed by atoms with Gasteiger partial charge in [-0.05, 0) is 17.7 Å². The predicted molar refractivity (Wildman–Crippen MR) is 52.7 cm³/mol. The minimum absolute atomic E-state index is 0.00427. The number of hydrogen-bond donors (Lipinski definition) is 1. The quantitative estimate of drug-likeness (QED) is 0.834. The van der Waals surface area contributed by atoms with Crippen LogP contribution in [0.3, 0.4) is 0 Å². The third kappa shape index (κ3) is 2.68. The summed E-state index contributed by atoms with van der Waals surface area (Å²) in [4.78, 5) is 10.8. The lowest BCUT2D eigenvalue weighted by atomic mass is 9.98. The number of alkyl halides is 4. The summed E-state index contributed by atoms with van der Waals surface area (Å²) in [5, 5.41) is 17.4. The summed E-state index contributed by atoms with van der Waals surface area (Å²) in [5.41, 5.74) is -2.89. The zero-order valence-electron chi connectivity index (χ0n) is 8.18. The lowest BCUT2D eigenvalue weighted by Gasteiger charge is -2.12. The number of nitriles is 1. The van der Waals surface area contributed by atoms with Crippen LogP contribution in [0.1, 0.15) is 27.0 Å². The molecule has 17 heavy (non-hydrogen) atoms. The molecule has 0 radical (unpaired) electrons. The fourth-order valence-corrected chi connectivity index (χ4v) is 1.45. The summed E-state index contributed by atoms with van der Waals surface area (Å²) in [6, 6.07) is 2.90. The monoisotopic (exact) mass is 263 g/mol. The van der Waals surface area contributed by atoms with Crippen LogP contribution >= 0.6 is 11.6 Å². The van der Waals surface area contributed by atoms with Crippen LogP contribution in [-0.2, 0) is 12.1 Å². The number of hydrogen-bond acceptors (Lipinski definition) is 2. The molecule has 1 rings (SSSR count). The van der Waals surface area contributed by atoms with Gasteiger partial charge in [0.1, 0.15) is 6.07 Å². The van der Waals surface area contributed by atoms with Gasteiger partial charge in [-0.15, -0.1) is 11.6 Å². The van der Waals surface area contributed by atoms with Gasteiger partial charge in [-0.3, -0.25) is 0 Å². The van der Waals surface area contributed by atoms with E-state index >= 15 is 0 Å². The second kappa shape index (κ2) is 4.63. The molecule has 0 heterocycles. The first-order valence-corrected chi connectivity index (χ1v) is 4.78. The first-order valence-electron chi connectivity index (χ1n) is 4.24. The first kappa shape index (κ1) is 13.3. The molecule has 0 bridgehead atoms. The van der Waals surface area contributed by atoms with E-state index in [1.807, 2.05) is 0 Å². The fourth-order valence-electron chi connectivity index (χ4n) is 1.29. The molecule has 0 aromatic heterocycles. The van der Waals surface area contributed by atoms with Crippen LogP contribution in [0.2, 0.25) is 0 Å². The number of carboxylic acid groups (broad SMARTS) is 1. The van der Waals surface area contributed by atoms with Gasteiger partial charge in [0.15, 0.2) is 0 Å². The normalized spacial score (nSPS) is 11.0. The molecule has 90 valence electrons. The number of nitrogens with zero attached hydrogens (tertiary/aromatic N) is 1. The Morgan fingerprint density at radius 1 is 1.47 bits per heavy atom. The molecule has 0 unspecified atom stereocenters. The summed E-state index contributed by atoms with van der Waals surface area (Å²) < 4.78 is 37.8. The van der Waals surface area contributed by atoms with Crippen molar-refractivity contribution in [2.24, 2.45) is 0 Å². The van der Waals surface area contributed by atoms with Gasteiger partial charge in [0.25, 0.3) is 0 Å². The number of halogens is 4. The first-order chi connectivity index (χ1) is 7.81. The van der Waals surface area contributed by atoms with E-state index in [0.29, 0.717) is 6.07 Å². The maximum atomic E-state index is 12.6. The average Bonchev–Trinajstić information content (AvgIpc) is 2.25. The molecule has 0 aliphatic carbocycles. The van der Waals surface area contributed by atoms with Crippen molar-refractivity contribution in [2.45, 2.75) is 12.1 Å². The van der Waals surface area contributed by atoms with Crippen LogP contribution in [0.25, 0.3) is 0 Å². The third-order valence-electron chi connectivity index (χ3n) is 2.00. The van der Waals surface area contributed by atoms with Gasteiger partial charge < -0.3 is 5.11 Å². The van der Waals surface area contributed by atoms with E-state index in [0.717, 1.165) is 6.07 Å². The third-order valence-corrected chi connectivity index (χ3v) is 2.31. The lowest BCUT2D eigenvalue weighted by Crippen LogP contribution is -2.13. The van der Waals surface area contributed by atoms with E-state index in [9.17, 15) is 18.0 Å². The SMILES string of the molecule is N#Cc1c(C(=O)O)cc(CCl)cc1C(F)(F)F. The van der Waals surface area contributed by atoms with Gasteiger partial charge in [-0.1, -0.05) is 0 Å². The molecule has 0 aliphatic rings. The fraction of sp³-hybridized carbons (Fsp3) is 0.200. The Kier molecular flexibility index (Phi) is 3.63. The molecule has 0 saturated carbocycles. The van der Waals surface area contributed by atoms with Gasteiger partial charge in [0, 0.05) is 5.88 Å². The number of benzene rings is 1. The Hall–Kier alpha value is -1.74. The number of aromatic carboxylic acids is 1. The molecule has 7 heteroatoms. The Balaban J connectivity index is 3.64. The number of carboxylic acids is 1. The van der Waals surface area contributed by atoms with Crippen molar-refractivity contribution >= 4 is 17.6 Å². The minimum Gasteiger partial charge on any atom is -0.478 e. The van der Waals surface area contributed by atoms with Crippen LogP contribution in [0.15, 0.2) is 12.1 Å². The second-order valence-electron chi connectivity index (χ2n) is 3.11. The second-order valence-corrected chi connectivity index (χ2v) is 3.38. The van der Waals surface area contributed by atoms with Crippen molar-refractivity contribution in [1.82, 2.24) is 0 Å². The van der Waals surface area contributed by atoms with E-state index < -0.39 is 28.8 Å². The highest BCUT2D eigenvalue weighted by molar-refractivity contribution is 6.17. The largest absolute Gasteiger partial charge is 0.478 e. The molecule has 0 saturated heterocycles. The zero-order chi connectivity index (χ0) is 13.2. The highest BCUT2D eigenvalue weighted by Crippen LogP contribution is 2.34. The molecule has 0 fully saturated rings. The highest BCUT2D eigenvalue weighted by Gasteiger charge is 2.36. The zero-order valence-corrected chi connectivity index (χ0v) is 8.93. The Morgan fingerprint density at radius 2 is 2.06 bits per heavy atom. The summed E-state index contributed by atoms with van der Waals surface area (Å²) in [6.45, 7) is 0. The Bertz CT molecular complexity index is 505. The maximum Gasteiger partial charge on any atom is 0.417 e. The molecule has 0 aliphatic heterocycles. The lowest BCUT2D eigenvalue weighted by molar-refractivity contribution is -0.137. The van der Waals surface area contributed by atoms with Gasteiger partial charge >= 0.3 is 12.1 Å². The molecule has 0 atom stereocenters. The van der Waals surface area contributed by atoms with Crippen LogP contribution < -0.4 is 0 Å². The van der Waals surface area contributed by atoms with E-state index in [-0.39, 0.29) is 11.4 Å². The number of carbonyl (C=O) groups is 1. The van der Waals surface area contributed by atoms with E-state index in [4.69, 9.17) is 22.0 Å². The molecular formula is C10H5ClF3NO2. The molecule has 1 aromatic carbocycles. The van der Waals surface area contributed by atoms with E-state index in [1.165, 1.54) is 6.07 Å². The molecule has 0 spiro atoms. The Morgan fingerprint density at radius 3 is 2.41 bits per heavy atom. The van der Waals surface area contributed by atoms with Gasteiger partial charge in [-0.25, -0.2) is 4.79 Å². The molecule has 1 N–H and O–H groups in total. The molecule has 3 nitrogen and oxygen atoms in total. The summed E-state index contributed by atoms with van der Waals surface area (Å²) in [5.74, 6) is -1.87. The highest BCUT2D eigenvalue weighted by atomic mass is 35.5. The van der Waals surface area contributed by atoms with E-state index in [2.05, 4.69) is 0 Å². The van der Waals surface area contributed by atoms with Crippen LogP contribution in [0.4, 0.5) is 13.2 Å². The molecule has 1 aromatic rings. The number of rotatable bonds is 2. The van der Waals surface area contributed by atoms with Crippen LogP contribution in [0.5, 0.6) is 0 Å². The summed E-state index contributed by atoms with van der Waals surface area (Å²) >= 11 is 5.38. The minimum atomic E-state index is -4.79. The van der Waals surface area contributed by atoms with Gasteiger partial charge in [-0.2, -0.15) is 18.4 Å². The van der Waals surface area contributed by atoms with Crippen LogP contribution in [0, 0.1) is 11.3 Å². The van der Waals surface area contributed by atoms with Gasteiger partial charge in [0.05, 0.1) is 16.7 Å². The topological polar surface area (TPSA) is 61.1 Å². The van der Waals surface area contributed by atoms with Gasteiger partial charge in [0.2, 0.25) is 0 Å². The van der Waals surface area contributed by atoms with Crippen molar-refractivity contribution in [3.8, 4) is 6.07 Å². The Labute approximate surface area is 99.0 Å². The molecule has 0 amide bonds. The van der Waals surface area contributed by atoms with Crippen molar-refractivity contribution in [3.63, 3.8) is 0 Å². The summed E-state index contributed by atoms with van der Waals surface area (Å²) in [6.07, 6.45) is -4.79. The predicted octanol–water partition coefficient (Wildman–Crippen LogP) is 3.01. The van der Waals surface area contributed by atoms with Crippen molar-refractivity contribution in [1.29, 1.82) is 5.26 Å².